The van der Waals surface area contributed by atoms with Crippen molar-refractivity contribution in [3.8, 4) is 0 Å². The Morgan fingerprint density at radius 1 is 0.517 bits per heavy atom. The Hall–Kier alpha value is -3.20. The molecule has 6 rings (SSSR count). The van der Waals surface area contributed by atoms with Gasteiger partial charge in [0, 0.05) is 6.54 Å². The molecule has 0 bridgehead atoms. The van der Waals surface area contributed by atoms with Gasteiger partial charge in [-0.2, -0.15) is 0 Å². The van der Waals surface area contributed by atoms with Gasteiger partial charge in [-0.25, -0.2) is 0 Å². The van der Waals surface area contributed by atoms with Crippen molar-refractivity contribution in [3.05, 3.63) is 139 Å². The fourth-order valence-electron chi connectivity index (χ4n) is 4.02. The van der Waals surface area contributed by atoms with Gasteiger partial charge in [-0.15, -0.1) is 0 Å². The summed E-state index contributed by atoms with van der Waals surface area (Å²) < 4.78 is 4.73. The van der Waals surface area contributed by atoms with Gasteiger partial charge in [0.15, 0.2) is 0 Å². The normalized spacial score (nSPS) is 15.3. The summed E-state index contributed by atoms with van der Waals surface area (Å²) in [7, 11) is 0. The first kappa shape index (κ1) is 17.9. The highest BCUT2D eigenvalue weighted by molar-refractivity contribution is 5.29. The van der Waals surface area contributed by atoms with E-state index in [2.05, 4.69) is 97.1 Å². The molecule has 4 aromatic rings. The van der Waals surface area contributed by atoms with E-state index in [0.717, 1.165) is 6.61 Å². The van der Waals surface area contributed by atoms with Crippen LogP contribution in [-0.2, 0) is 4.74 Å². The largest absolute Gasteiger partial charge is 0.372 e. The van der Waals surface area contributed by atoms with Gasteiger partial charge in [0.25, 0.3) is 0 Å². The first-order valence-corrected chi connectivity index (χ1v) is 10.1. The van der Waals surface area contributed by atoms with Crippen molar-refractivity contribution >= 4 is 0 Å². The molecule has 142 valence electrons. The first-order chi connectivity index (χ1) is 14.4. The molecule has 4 aromatic carbocycles. The fourth-order valence-corrected chi connectivity index (χ4v) is 4.02. The quantitative estimate of drug-likeness (QED) is 0.437. The molecule has 0 aromatic heterocycles. The number of hydrogen-bond acceptors (Lipinski definition) is 2. The Morgan fingerprint density at radius 2 is 0.724 bits per heavy atom. The van der Waals surface area contributed by atoms with E-state index in [4.69, 9.17) is 10.5 Å². The number of benzene rings is 4. The Morgan fingerprint density at radius 3 is 0.828 bits per heavy atom. The summed E-state index contributed by atoms with van der Waals surface area (Å²) in [4.78, 5) is 0. The molecule has 1 fully saturated rings. The van der Waals surface area contributed by atoms with Gasteiger partial charge < -0.3 is 10.5 Å². The van der Waals surface area contributed by atoms with Crippen LogP contribution < -0.4 is 5.73 Å². The molecule has 1 heterocycles. The van der Waals surface area contributed by atoms with Gasteiger partial charge in [-0.3, -0.25) is 0 Å². The van der Waals surface area contributed by atoms with E-state index < -0.39 is 0 Å². The number of ether oxygens (including phenoxy) is 1. The van der Waals surface area contributed by atoms with Crippen LogP contribution >= 0.6 is 0 Å². The van der Waals surface area contributed by atoms with Crippen molar-refractivity contribution in [3.63, 3.8) is 0 Å². The maximum atomic E-state index is 5.11. The summed E-state index contributed by atoms with van der Waals surface area (Å²) in [6, 6.07) is 34.9. The van der Waals surface area contributed by atoms with Crippen LogP contribution in [0.2, 0.25) is 0 Å². The van der Waals surface area contributed by atoms with E-state index in [1.54, 1.807) is 0 Å². The average molecular weight is 377 g/mol. The van der Waals surface area contributed by atoms with Gasteiger partial charge in [-0.1, -0.05) is 97.1 Å². The predicted octanol–water partition coefficient (Wildman–Crippen LogP) is 4.49. The van der Waals surface area contributed by atoms with Crippen molar-refractivity contribution < 1.29 is 4.74 Å². The molecule has 1 aliphatic carbocycles. The maximum Gasteiger partial charge on any atom is 0.0931 e. The van der Waals surface area contributed by atoms with Gasteiger partial charge in [0.1, 0.15) is 0 Å². The first-order valence-electron chi connectivity index (χ1n) is 10.1. The zero-order chi connectivity index (χ0) is 19.6. The van der Waals surface area contributed by atoms with Crippen LogP contribution in [0.4, 0.5) is 0 Å². The standard InChI is InChI=1S/C24H16.C3H7NO/c1-2-10-18-17(9-1)19-11-3-4-13-21(19)23-15-7-8-16-24(23)22-14-6-5-12-20(18)22;4-1-3-2-5-3/h1-16H;3H,1-2,4H2. The summed E-state index contributed by atoms with van der Waals surface area (Å²) in [5.41, 5.74) is 5.11. The topological polar surface area (TPSA) is 38.5 Å². The molecule has 0 spiro atoms. The molecule has 2 aliphatic rings. The molecule has 0 radical (unpaired) electrons. The highest BCUT2D eigenvalue weighted by atomic mass is 16.6. The van der Waals surface area contributed by atoms with E-state index >= 15 is 0 Å². The van der Waals surface area contributed by atoms with Crippen LogP contribution in [-0.4, -0.2) is 19.3 Å². The lowest BCUT2D eigenvalue weighted by atomic mass is 10.0. The van der Waals surface area contributed by atoms with Gasteiger partial charge in [0.2, 0.25) is 0 Å². The van der Waals surface area contributed by atoms with Crippen molar-refractivity contribution in [1.29, 1.82) is 0 Å². The van der Waals surface area contributed by atoms with Crippen molar-refractivity contribution in [2.45, 2.75) is 6.10 Å². The summed E-state index contributed by atoms with van der Waals surface area (Å²) in [6.45, 7) is 1.58. The summed E-state index contributed by atoms with van der Waals surface area (Å²) in [6.07, 6.45) is 0.412. The van der Waals surface area contributed by atoms with Crippen LogP contribution in [0.1, 0.15) is 0 Å². The van der Waals surface area contributed by atoms with Crippen LogP contribution in [0.3, 0.4) is 0 Å². The minimum absolute atomic E-state index is 0.412. The summed E-state index contributed by atoms with van der Waals surface area (Å²) in [5, 5.41) is 10.4. The molecule has 2 nitrogen and oxygen atoms in total. The van der Waals surface area contributed by atoms with Crippen LogP contribution in [0.5, 0.6) is 0 Å². The number of nitrogens with two attached hydrogens (primary N) is 1. The van der Waals surface area contributed by atoms with Crippen LogP contribution in [0.25, 0.3) is 0 Å². The Labute approximate surface area is 168 Å². The highest BCUT2D eigenvalue weighted by Crippen LogP contribution is 2.12. The molecule has 0 amide bonds. The SMILES string of the molecule is NCC1CO1.c1ccc2c(c1)=c1ccccc1=c1ccccc1=c1ccccc1=2. The van der Waals surface area contributed by atoms with Gasteiger partial charge in [0.05, 0.1) is 12.7 Å². The lowest BCUT2D eigenvalue weighted by molar-refractivity contribution is 0.412. The highest BCUT2D eigenvalue weighted by Gasteiger charge is 2.18. The third-order valence-electron chi connectivity index (χ3n) is 5.53. The smallest absolute Gasteiger partial charge is 0.0931 e. The Bertz CT molecular complexity index is 1170. The molecule has 2 heteroatoms. The molecule has 29 heavy (non-hydrogen) atoms. The van der Waals surface area contributed by atoms with Crippen molar-refractivity contribution in [2.24, 2.45) is 5.73 Å². The zero-order valence-electron chi connectivity index (χ0n) is 16.2. The fraction of sp³-hybridized carbons (Fsp3) is 0.111. The van der Waals surface area contributed by atoms with E-state index in [1.807, 2.05) is 0 Å². The Kier molecular flexibility index (Phi) is 4.73. The molecule has 2 N–H and O–H groups in total. The predicted molar refractivity (Wildman–Crippen MR) is 115 cm³/mol. The molecule has 1 saturated heterocycles. The average Bonchev–Trinajstić information content (AvgIpc) is 3.64. The van der Waals surface area contributed by atoms with E-state index in [9.17, 15) is 0 Å². The van der Waals surface area contributed by atoms with E-state index in [0.29, 0.717) is 12.6 Å². The van der Waals surface area contributed by atoms with Crippen molar-refractivity contribution in [1.82, 2.24) is 0 Å². The third kappa shape index (κ3) is 3.38. The second kappa shape index (κ2) is 7.67. The molecule has 1 atom stereocenters. The second-order valence-corrected chi connectivity index (χ2v) is 7.37. The Balaban J connectivity index is 0.000000319. The van der Waals surface area contributed by atoms with Crippen LogP contribution in [0.15, 0.2) is 97.1 Å². The van der Waals surface area contributed by atoms with Gasteiger partial charge in [-0.05, 0) is 41.7 Å². The number of epoxide rings is 1. The van der Waals surface area contributed by atoms with E-state index in [-0.39, 0.29) is 0 Å². The number of hydrogen-bond donors (Lipinski definition) is 1. The molecular formula is C27H23NO. The minimum Gasteiger partial charge on any atom is -0.372 e. The van der Waals surface area contributed by atoms with Crippen molar-refractivity contribution in [2.75, 3.05) is 13.2 Å². The van der Waals surface area contributed by atoms with Crippen LogP contribution in [0, 0.1) is 41.7 Å². The lowest BCUT2D eigenvalue weighted by Gasteiger charge is -2.02. The van der Waals surface area contributed by atoms with Gasteiger partial charge >= 0.3 is 0 Å². The summed E-state index contributed by atoms with van der Waals surface area (Å²) >= 11 is 0. The monoisotopic (exact) mass is 377 g/mol. The minimum atomic E-state index is 0.412. The molecule has 1 unspecified atom stereocenters. The molecule has 1 aliphatic heterocycles. The number of rotatable bonds is 1. The zero-order valence-corrected chi connectivity index (χ0v) is 16.2. The maximum absolute atomic E-state index is 5.11. The second-order valence-electron chi connectivity index (χ2n) is 7.37. The number of fused-ring (bicyclic) bond motifs is 4. The molecular weight excluding hydrogens is 354 g/mol. The summed E-state index contributed by atoms with van der Waals surface area (Å²) in [5.74, 6) is 0. The molecule has 0 saturated carbocycles. The van der Waals surface area contributed by atoms with E-state index in [1.165, 1.54) is 41.7 Å². The lowest BCUT2D eigenvalue weighted by Crippen LogP contribution is -2.05. The third-order valence-corrected chi connectivity index (χ3v) is 5.53.